The summed E-state index contributed by atoms with van der Waals surface area (Å²) in [5, 5.41) is 4.01. The van der Waals surface area contributed by atoms with Gasteiger partial charge in [-0.25, -0.2) is 13.1 Å². The van der Waals surface area contributed by atoms with Crippen molar-refractivity contribution in [1.82, 2.24) is 9.78 Å². The molecule has 0 amide bonds. The third-order valence-electron chi connectivity index (χ3n) is 3.42. The molecule has 2 aromatic rings. The van der Waals surface area contributed by atoms with Crippen LogP contribution in [0.5, 0.6) is 5.88 Å². The number of aryl methyl sites for hydroxylation is 3. The van der Waals surface area contributed by atoms with Crippen molar-refractivity contribution < 1.29 is 17.9 Å². The molecule has 118 valence electrons. The van der Waals surface area contributed by atoms with Gasteiger partial charge in [0.1, 0.15) is 5.56 Å². The fraction of sp³-hybridized carbons (Fsp3) is 0.333. The van der Waals surface area contributed by atoms with Crippen LogP contribution in [0.1, 0.15) is 27.0 Å². The molecular weight excluding hydrogens is 304 g/mol. The number of sulfone groups is 1. The number of hydrogen-bond donors (Lipinski definition) is 0. The van der Waals surface area contributed by atoms with E-state index in [2.05, 4.69) is 5.10 Å². The van der Waals surface area contributed by atoms with Gasteiger partial charge in [-0.1, -0.05) is 0 Å². The molecule has 7 heteroatoms. The summed E-state index contributed by atoms with van der Waals surface area (Å²) in [4.78, 5) is 12.9. The monoisotopic (exact) mass is 322 g/mol. The number of rotatable bonds is 4. The van der Waals surface area contributed by atoms with Crippen molar-refractivity contribution >= 4 is 15.6 Å². The molecular formula is C15H18N2O4S. The van der Waals surface area contributed by atoms with Crippen molar-refractivity contribution in [3.63, 3.8) is 0 Å². The van der Waals surface area contributed by atoms with Crippen LogP contribution in [0.3, 0.4) is 0 Å². The standard InChI is InChI=1S/C15H18N2O4S/c1-9-6-11(7-10(2)14(9)22(5,19)20)13(18)12-8-16-17(3)15(12)21-4/h6-8H,1-5H3. The Bertz CT molecular complexity index is 827. The number of methoxy groups -OCH3 is 1. The smallest absolute Gasteiger partial charge is 0.222 e. The first-order valence-corrected chi connectivity index (χ1v) is 8.48. The Hall–Kier alpha value is -2.15. The summed E-state index contributed by atoms with van der Waals surface area (Å²) in [6.45, 7) is 3.36. The predicted molar refractivity (Wildman–Crippen MR) is 82.2 cm³/mol. The lowest BCUT2D eigenvalue weighted by Gasteiger charge is -2.11. The van der Waals surface area contributed by atoms with Gasteiger partial charge in [-0.05, 0) is 37.1 Å². The van der Waals surface area contributed by atoms with Crippen LogP contribution < -0.4 is 4.74 Å². The number of carbonyl (C=O) groups excluding carboxylic acids is 1. The number of nitrogens with zero attached hydrogens (tertiary/aromatic N) is 2. The van der Waals surface area contributed by atoms with Gasteiger partial charge >= 0.3 is 0 Å². The van der Waals surface area contributed by atoms with Crippen molar-refractivity contribution in [2.75, 3.05) is 13.4 Å². The number of aromatic nitrogens is 2. The Morgan fingerprint density at radius 2 is 1.77 bits per heavy atom. The minimum Gasteiger partial charge on any atom is -0.481 e. The number of benzene rings is 1. The zero-order valence-electron chi connectivity index (χ0n) is 13.2. The van der Waals surface area contributed by atoms with E-state index in [1.165, 1.54) is 18.0 Å². The molecule has 0 aliphatic carbocycles. The van der Waals surface area contributed by atoms with E-state index in [1.807, 2.05) is 0 Å². The molecule has 1 aromatic carbocycles. The highest BCUT2D eigenvalue weighted by Crippen LogP contribution is 2.25. The summed E-state index contributed by atoms with van der Waals surface area (Å²) < 4.78 is 30.3. The molecule has 0 aliphatic rings. The first kappa shape index (κ1) is 16.2. The number of carbonyl (C=O) groups is 1. The molecule has 22 heavy (non-hydrogen) atoms. The van der Waals surface area contributed by atoms with Crippen molar-refractivity contribution in [2.45, 2.75) is 18.7 Å². The zero-order chi connectivity index (χ0) is 16.7. The first-order valence-electron chi connectivity index (χ1n) is 6.58. The Balaban J connectivity index is 2.57. The molecule has 0 saturated heterocycles. The van der Waals surface area contributed by atoms with E-state index in [1.54, 1.807) is 33.0 Å². The van der Waals surface area contributed by atoms with Gasteiger partial charge < -0.3 is 4.74 Å². The molecule has 0 saturated carbocycles. The fourth-order valence-electron chi connectivity index (χ4n) is 2.65. The van der Waals surface area contributed by atoms with E-state index in [9.17, 15) is 13.2 Å². The summed E-state index contributed by atoms with van der Waals surface area (Å²) >= 11 is 0. The average Bonchev–Trinajstić information content (AvgIpc) is 2.76. The van der Waals surface area contributed by atoms with E-state index >= 15 is 0 Å². The highest BCUT2D eigenvalue weighted by molar-refractivity contribution is 7.90. The molecule has 6 nitrogen and oxygen atoms in total. The molecule has 0 spiro atoms. The lowest BCUT2D eigenvalue weighted by molar-refractivity contribution is 0.103. The van der Waals surface area contributed by atoms with Crippen LogP contribution in [0.25, 0.3) is 0 Å². The normalized spacial score (nSPS) is 11.5. The summed E-state index contributed by atoms with van der Waals surface area (Å²) in [5.41, 5.74) is 1.85. The molecule has 0 unspecified atom stereocenters. The minimum absolute atomic E-state index is 0.254. The number of ether oxygens (including phenoxy) is 1. The highest BCUT2D eigenvalue weighted by Gasteiger charge is 2.22. The Labute approximate surface area is 129 Å². The van der Waals surface area contributed by atoms with Gasteiger partial charge in [-0.15, -0.1) is 0 Å². The lowest BCUT2D eigenvalue weighted by Crippen LogP contribution is -2.08. The third-order valence-corrected chi connectivity index (χ3v) is 4.80. The van der Waals surface area contributed by atoms with Crippen molar-refractivity contribution in [2.24, 2.45) is 7.05 Å². The van der Waals surface area contributed by atoms with E-state index < -0.39 is 9.84 Å². The lowest BCUT2D eigenvalue weighted by atomic mass is 10.0. The quantitative estimate of drug-likeness (QED) is 0.800. The van der Waals surface area contributed by atoms with Gasteiger partial charge in [-0.3, -0.25) is 4.79 Å². The summed E-state index contributed by atoms with van der Waals surface area (Å²) in [6, 6.07) is 3.16. The fourth-order valence-corrected chi connectivity index (χ4v) is 3.93. The van der Waals surface area contributed by atoms with E-state index in [0.29, 0.717) is 28.1 Å². The van der Waals surface area contributed by atoms with Gasteiger partial charge in [-0.2, -0.15) is 5.10 Å². The molecule has 0 N–H and O–H groups in total. The molecule has 2 rings (SSSR count). The van der Waals surface area contributed by atoms with Gasteiger partial charge in [0.25, 0.3) is 0 Å². The largest absolute Gasteiger partial charge is 0.481 e. The Kier molecular flexibility index (Phi) is 4.10. The molecule has 0 aliphatic heterocycles. The van der Waals surface area contributed by atoms with Crippen molar-refractivity contribution in [3.05, 3.63) is 40.6 Å². The van der Waals surface area contributed by atoms with Crippen LogP contribution in [0.2, 0.25) is 0 Å². The molecule has 0 fully saturated rings. The summed E-state index contributed by atoms with van der Waals surface area (Å²) in [6.07, 6.45) is 2.60. The van der Waals surface area contributed by atoms with Crippen LogP contribution >= 0.6 is 0 Å². The Morgan fingerprint density at radius 3 is 2.23 bits per heavy atom. The van der Waals surface area contributed by atoms with E-state index in [0.717, 1.165) is 6.26 Å². The number of ketones is 1. The predicted octanol–water partition coefficient (Wildman–Crippen LogP) is 1.68. The second-order valence-electron chi connectivity index (χ2n) is 5.23. The van der Waals surface area contributed by atoms with Crippen LogP contribution in [0, 0.1) is 13.8 Å². The zero-order valence-corrected chi connectivity index (χ0v) is 14.0. The summed E-state index contributed by atoms with van der Waals surface area (Å²) in [5.74, 6) is 0.115. The van der Waals surface area contributed by atoms with Crippen molar-refractivity contribution in [1.29, 1.82) is 0 Å². The van der Waals surface area contributed by atoms with Gasteiger partial charge in [0.15, 0.2) is 15.6 Å². The second kappa shape index (κ2) is 5.57. The maximum atomic E-state index is 12.6. The molecule has 0 bridgehead atoms. The van der Waals surface area contributed by atoms with E-state index in [-0.39, 0.29) is 10.7 Å². The average molecular weight is 322 g/mol. The SMILES string of the molecule is COc1c(C(=O)c2cc(C)c(S(C)(=O)=O)c(C)c2)cnn1C. The van der Waals surface area contributed by atoms with Crippen LogP contribution in [0.4, 0.5) is 0 Å². The Morgan fingerprint density at radius 1 is 1.23 bits per heavy atom. The van der Waals surface area contributed by atoms with Gasteiger partial charge in [0, 0.05) is 18.9 Å². The van der Waals surface area contributed by atoms with Gasteiger partial charge in [0.2, 0.25) is 5.88 Å². The van der Waals surface area contributed by atoms with Crippen LogP contribution in [-0.2, 0) is 16.9 Å². The van der Waals surface area contributed by atoms with E-state index in [4.69, 9.17) is 4.74 Å². The second-order valence-corrected chi connectivity index (χ2v) is 7.18. The third kappa shape index (κ3) is 2.76. The summed E-state index contributed by atoms with van der Waals surface area (Å²) in [7, 11) is -0.184. The first-order chi connectivity index (χ1) is 10.2. The topological polar surface area (TPSA) is 78.3 Å². The maximum absolute atomic E-state index is 12.6. The highest BCUT2D eigenvalue weighted by atomic mass is 32.2. The molecule has 1 aromatic heterocycles. The van der Waals surface area contributed by atoms with Crippen LogP contribution in [-0.4, -0.2) is 37.3 Å². The number of hydrogen-bond acceptors (Lipinski definition) is 5. The maximum Gasteiger partial charge on any atom is 0.222 e. The minimum atomic E-state index is -3.33. The van der Waals surface area contributed by atoms with Crippen LogP contribution in [0.15, 0.2) is 23.2 Å². The molecule has 0 radical (unpaired) electrons. The van der Waals surface area contributed by atoms with Gasteiger partial charge in [0.05, 0.1) is 18.2 Å². The molecule has 1 heterocycles. The molecule has 0 atom stereocenters. The van der Waals surface area contributed by atoms with Crippen molar-refractivity contribution in [3.8, 4) is 5.88 Å².